The van der Waals surface area contributed by atoms with E-state index in [1.165, 1.54) is 30.2 Å². The molecule has 0 aliphatic carbocycles. The summed E-state index contributed by atoms with van der Waals surface area (Å²) >= 11 is 1.45. The zero-order valence-corrected chi connectivity index (χ0v) is 12.1. The maximum Gasteiger partial charge on any atom is 0.148 e. The third-order valence-corrected chi connectivity index (χ3v) is 5.11. The van der Waals surface area contributed by atoms with Crippen LogP contribution in [0.4, 0.5) is 4.39 Å². The molecular weight excluding hydrogens is 273 g/mol. The van der Waals surface area contributed by atoms with Crippen LogP contribution in [0.1, 0.15) is 17.7 Å². The number of halogens is 1. The van der Waals surface area contributed by atoms with Crippen LogP contribution in [0.25, 0.3) is 0 Å². The second-order valence-corrected chi connectivity index (χ2v) is 7.84. The van der Waals surface area contributed by atoms with Crippen molar-refractivity contribution in [3.8, 4) is 0 Å². The Labute approximate surface area is 112 Å². The Balaban J connectivity index is 2.72. The van der Waals surface area contributed by atoms with Gasteiger partial charge in [-0.05, 0) is 24.6 Å². The highest BCUT2D eigenvalue weighted by atomic mass is 32.2. The van der Waals surface area contributed by atoms with Gasteiger partial charge >= 0.3 is 0 Å². The lowest BCUT2D eigenvalue weighted by Crippen LogP contribution is -2.23. The van der Waals surface area contributed by atoms with Gasteiger partial charge in [0.1, 0.15) is 15.7 Å². The zero-order valence-electron chi connectivity index (χ0n) is 10.5. The molecule has 102 valence electrons. The lowest BCUT2D eigenvalue weighted by Gasteiger charge is -2.20. The van der Waals surface area contributed by atoms with E-state index in [1.807, 2.05) is 13.0 Å². The lowest BCUT2D eigenvalue weighted by molar-refractivity contribution is 0.603. The van der Waals surface area contributed by atoms with Gasteiger partial charge in [0.05, 0.1) is 5.75 Å². The molecule has 1 rings (SSSR count). The molecule has 6 heteroatoms. The Bertz CT molecular complexity index is 489. The van der Waals surface area contributed by atoms with Crippen LogP contribution >= 0.6 is 11.8 Å². The summed E-state index contributed by atoms with van der Waals surface area (Å²) in [4.78, 5) is 0. The summed E-state index contributed by atoms with van der Waals surface area (Å²) in [6, 6.07) is 6.10. The molecule has 0 radical (unpaired) electrons. The van der Waals surface area contributed by atoms with Crippen molar-refractivity contribution < 1.29 is 12.8 Å². The van der Waals surface area contributed by atoms with E-state index in [1.54, 1.807) is 6.07 Å². The lowest BCUT2D eigenvalue weighted by atomic mass is 10.1. The van der Waals surface area contributed by atoms with E-state index in [9.17, 15) is 12.8 Å². The van der Waals surface area contributed by atoms with Crippen LogP contribution in [0.5, 0.6) is 0 Å². The maximum atomic E-state index is 13.2. The molecule has 2 unspecified atom stereocenters. The van der Waals surface area contributed by atoms with Gasteiger partial charge in [0.2, 0.25) is 0 Å². The van der Waals surface area contributed by atoms with Crippen LogP contribution in [0.15, 0.2) is 24.3 Å². The van der Waals surface area contributed by atoms with Crippen molar-refractivity contribution in [2.75, 3.05) is 17.8 Å². The van der Waals surface area contributed by atoms with Crippen LogP contribution in [-0.2, 0) is 9.84 Å². The predicted molar refractivity (Wildman–Crippen MR) is 75.0 cm³/mol. The second kappa shape index (κ2) is 6.54. The average molecular weight is 291 g/mol. The Hall–Kier alpha value is -0.590. The fourth-order valence-electron chi connectivity index (χ4n) is 1.56. The number of thioether (sulfide) groups is 1. The molecule has 0 bridgehead atoms. The smallest absolute Gasteiger partial charge is 0.148 e. The number of hydrogen-bond acceptors (Lipinski definition) is 4. The van der Waals surface area contributed by atoms with E-state index in [0.717, 1.165) is 5.56 Å². The van der Waals surface area contributed by atoms with E-state index in [2.05, 4.69) is 0 Å². The van der Waals surface area contributed by atoms with Crippen molar-refractivity contribution in [3.05, 3.63) is 35.6 Å². The molecule has 0 spiro atoms. The minimum atomic E-state index is -2.97. The van der Waals surface area contributed by atoms with Crippen LogP contribution < -0.4 is 5.73 Å². The second-order valence-electron chi connectivity index (χ2n) is 4.34. The Morgan fingerprint density at radius 3 is 2.61 bits per heavy atom. The fraction of sp³-hybridized carbons (Fsp3) is 0.500. The van der Waals surface area contributed by atoms with Crippen molar-refractivity contribution in [1.29, 1.82) is 0 Å². The minimum absolute atomic E-state index is 0.0950. The van der Waals surface area contributed by atoms with Gasteiger partial charge in [-0.25, -0.2) is 12.8 Å². The van der Waals surface area contributed by atoms with Crippen molar-refractivity contribution >= 4 is 21.6 Å². The van der Waals surface area contributed by atoms with Crippen LogP contribution in [0.2, 0.25) is 0 Å². The minimum Gasteiger partial charge on any atom is -0.327 e. The van der Waals surface area contributed by atoms with E-state index < -0.39 is 9.84 Å². The van der Waals surface area contributed by atoms with Gasteiger partial charge in [-0.2, -0.15) is 11.8 Å². The SMILES string of the molecule is CC(N)C(SCCS(C)(=O)=O)c1cccc(F)c1. The van der Waals surface area contributed by atoms with Crippen LogP contribution in [0, 0.1) is 5.82 Å². The Morgan fingerprint density at radius 2 is 2.11 bits per heavy atom. The van der Waals surface area contributed by atoms with Gasteiger partial charge in [-0.3, -0.25) is 0 Å². The molecule has 3 nitrogen and oxygen atoms in total. The van der Waals surface area contributed by atoms with Gasteiger partial charge in [0.15, 0.2) is 0 Å². The largest absolute Gasteiger partial charge is 0.327 e. The molecule has 0 heterocycles. The number of benzene rings is 1. The average Bonchev–Trinajstić information content (AvgIpc) is 2.22. The van der Waals surface area contributed by atoms with Crippen LogP contribution in [-0.4, -0.2) is 32.2 Å². The number of rotatable bonds is 6. The van der Waals surface area contributed by atoms with E-state index in [0.29, 0.717) is 5.75 Å². The zero-order chi connectivity index (χ0) is 13.8. The van der Waals surface area contributed by atoms with Crippen molar-refractivity contribution in [2.45, 2.75) is 18.2 Å². The quantitative estimate of drug-likeness (QED) is 0.871. The number of hydrogen-bond donors (Lipinski definition) is 1. The first-order chi connectivity index (χ1) is 8.29. The van der Waals surface area contributed by atoms with Crippen LogP contribution in [0.3, 0.4) is 0 Å². The first-order valence-corrected chi connectivity index (χ1v) is 8.71. The molecule has 0 fully saturated rings. The van der Waals surface area contributed by atoms with Gasteiger partial charge in [-0.15, -0.1) is 0 Å². The number of nitrogens with two attached hydrogens (primary N) is 1. The van der Waals surface area contributed by atoms with Gasteiger partial charge < -0.3 is 5.73 Å². The van der Waals surface area contributed by atoms with E-state index in [-0.39, 0.29) is 22.9 Å². The molecular formula is C12H18FNO2S2. The normalized spacial score (nSPS) is 15.3. The summed E-state index contributed by atoms with van der Waals surface area (Å²) in [5, 5.41) is -0.0950. The molecule has 0 aliphatic heterocycles. The van der Waals surface area contributed by atoms with Crippen molar-refractivity contribution in [2.24, 2.45) is 5.73 Å². The van der Waals surface area contributed by atoms with E-state index >= 15 is 0 Å². The van der Waals surface area contributed by atoms with E-state index in [4.69, 9.17) is 5.73 Å². The van der Waals surface area contributed by atoms with Gasteiger partial charge in [0, 0.05) is 23.3 Å². The first kappa shape index (κ1) is 15.5. The Morgan fingerprint density at radius 1 is 1.44 bits per heavy atom. The Kier molecular flexibility index (Phi) is 5.62. The molecule has 0 aromatic heterocycles. The topological polar surface area (TPSA) is 60.2 Å². The summed E-state index contributed by atoms with van der Waals surface area (Å²) < 4.78 is 35.3. The molecule has 18 heavy (non-hydrogen) atoms. The first-order valence-electron chi connectivity index (χ1n) is 5.60. The highest BCUT2D eigenvalue weighted by Crippen LogP contribution is 2.31. The molecule has 1 aromatic carbocycles. The molecule has 0 amide bonds. The molecule has 2 atom stereocenters. The highest BCUT2D eigenvalue weighted by molar-refractivity contribution is 8.00. The summed E-state index contributed by atoms with van der Waals surface area (Å²) in [5.41, 5.74) is 6.67. The molecule has 0 saturated heterocycles. The molecule has 0 saturated carbocycles. The molecule has 2 N–H and O–H groups in total. The predicted octanol–water partition coefficient (Wildman–Crippen LogP) is 1.99. The maximum absolute atomic E-state index is 13.2. The monoisotopic (exact) mass is 291 g/mol. The molecule has 1 aromatic rings. The summed E-state index contributed by atoms with van der Waals surface area (Å²) in [6.07, 6.45) is 1.20. The van der Waals surface area contributed by atoms with Crippen molar-refractivity contribution in [1.82, 2.24) is 0 Å². The number of sulfone groups is 1. The van der Waals surface area contributed by atoms with Gasteiger partial charge in [0.25, 0.3) is 0 Å². The summed E-state index contributed by atoms with van der Waals surface area (Å²) in [6.45, 7) is 1.84. The van der Waals surface area contributed by atoms with Gasteiger partial charge in [-0.1, -0.05) is 12.1 Å². The molecule has 0 aliphatic rings. The van der Waals surface area contributed by atoms with Crippen molar-refractivity contribution in [3.63, 3.8) is 0 Å². The summed E-state index contributed by atoms with van der Waals surface area (Å²) in [7, 11) is -2.97. The standard InChI is InChI=1S/C12H18FNO2S2/c1-9(14)12(17-6-7-18(2,15)16)10-4-3-5-11(13)8-10/h3-5,8-9,12H,6-7,14H2,1-2H3. The highest BCUT2D eigenvalue weighted by Gasteiger charge is 2.18. The summed E-state index contributed by atoms with van der Waals surface area (Å²) in [5.74, 6) is 0.263. The third-order valence-electron chi connectivity index (χ3n) is 2.41. The third kappa shape index (κ3) is 5.37. The fourth-order valence-corrected chi connectivity index (χ4v) is 4.05.